The summed E-state index contributed by atoms with van der Waals surface area (Å²) in [7, 11) is 0. The summed E-state index contributed by atoms with van der Waals surface area (Å²) in [5, 5.41) is 11.9. The molecule has 6 nitrogen and oxygen atoms in total. The van der Waals surface area contributed by atoms with Crippen molar-refractivity contribution in [2.45, 2.75) is 45.2 Å². The van der Waals surface area contributed by atoms with Crippen molar-refractivity contribution in [3.8, 4) is 0 Å². The molecule has 0 aromatic heterocycles. The number of aliphatic hydroxyl groups excluding tert-OH is 1. The normalized spacial score (nSPS) is 20.5. The number of hydrogen-bond donors (Lipinski definition) is 2. The van der Waals surface area contributed by atoms with Crippen LogP contribution in [0.5, 0.6) is 0 Å². The molecule has 24 heavy (non-hydrogen) atoms. The molecule has 6 heteroatoms. The number of para-hydroxylation sites is 1. The number of amides is 1. The van der Waals surface area contributed by atoms with Gasteiger partial charge in [-0.3, -0.25) is 4.79 Å². The zero-order valence-corrected chi connectivity index (χ0v) is 14.3. The lowest BCUT2D eigenvalue weighted by atomic mass is 9.97. The van der Waals surface area contributed by atoms with Crippen molar-refractivity contribution in [1.29, 1.82) is 0 Å². The van der Waals surface area contributed by atoms with E-state index in [1.165, 1.54) is 0 Å². The molecule has 0 bridgehead atoms. The van der Waals surface area contributed by atoms with E-state index in [2.05, 4.69) is 5.32 Å². The molecule has 1 aliphatic rings. The summed E-state index contributed by atoms with van der Waals surface area (Å²) in [4.78, 5) is 26.5. The molecule has 1 aromatic rings. The van der Waals surface area contributed by atoms with Crippen molar-refractivity contribution >= 4 is 17.6 Å². The van der Waals surface area contributed by atoms with Gasteiger partial charge in [0, 0.05) is 24.3 Å². The third-order valence-corrected chi connectivity index (χ3v) is 4.38. The Kier molecular flexibility index (Phi) is 6.61. The van der Waals surface area contributed by atoms with Gasteiger partial charge in [-0.1, -0.05) is 12.1 Å². The van der Waals surface area contributed by atoms with E-state index in [1.54, 1.807) is 24.3 Å². The highest BCUT2D eigenvalue weighted by atomic mass is 16.5. The summed E-state index contributed by atoms with van der Waals surface area (Å²) in [5.74, 6) is -0.689. The Hall–Kier alpha value is -2.08. The van der Waals surface area contributed by atoms with Crippen LogP contribution in [0.2, 0.25) is 0 Å². The Morgan fingerprint density at radius 3 is 2.58 bits per heavy atom. The summed E-state index contributed by atoms with van der Waals surface area (Å²) in [5.41, 5.74) is 0.946. The molecule has 0 aliphatic carbocycles. The quantitative estimate of drug-likeness (QED) is 0.778. The first-order valence-electron chi connectivity index (χ1n) is 8.46. The fourth-order valence-corrected chi connectivity index (χ4v) is 3.20. The molecular formula is C18H26N2O4. The Morgan fingerprint density at radius 2 is 1.92 bits per heavy atom. The predicted molar refractivity (Wildman–Crippen MR) is 91.9 cm³/mol. The molecule has 2 atom stereocenters. The number of hydrogen-bond acceptors (Lipinski definition) is 5. The number of aliphatic hydroxyl groups is 1. The third kappa shape index (κ3) is 4.47. The van der Waals surface area contributed by atoms with E-state index in [9.17, 15) is 9.59 Å². The second-order valence-corrected chi connectivity index (χ2v) is 6.20. The molecule has 0 unspecified atom stereocenters. The summed E-state index contributed by atoms with van der Waals surface area (Å²) < 4.78 is 5.23. The zero-order chi connectivity index (χ0) is 17.5. The summed E-state index contributed by atoms with van der Waals surface area (Å²) in [6, 6.07) is 7.26. The Balaban J connectivity index is 1.96. The number of carbonyl (C=O) groups is 2. The Bertz CT molecular complexity index is 566. The van der Waals surface area contributed by atoms with Crippen LogP contribution >= 0.6 is 0 Å². The Labute approximate surface area is 142 Å². The highest BCUT2D eigenvalue weighted by Gasteiger charge is 2.29. The maximum atomic E-state index is 12.4. The van der Waals surface area contributed by atoms with Crippen LogP contribution in [-0.4, -0.2) is 53.7 Å². The van der Waals surface area contributed by atoms with Crippen LogP contribution in [0.1, 0.15) is 43.5 Å². The smallest absolute Gasteiger partial charge is 0.340 e. The van der Waals surface area contributed by atoms with Crippen molar-refractivity contribution in [1.82, 2.24) is 4.90 Å². The van der Waals surface area contributed by atoms with Crippen LogP contribution in [-0.2, 0) is 9.53 Å². The van der Waals surface area contributed by atoms with Gasteiger partial charge in [-0.05, 0) is 45.2 Å². The number of nitrogens with zero attached hydrogens (tertiary/aromatic N) is 1. The minimum atomic E-state index is -0.540. The van der Waals surface area contributed by atoms with Crippen LogP contribution in [0.15, 0.2) is 24.3 Å². The molecule has 1 fully saturated rings. The van der Waals surface area contributed by atoms with Crippen molar-refractivity contribution in [2.75, 3.05) is 25.1 Å². The molecular weight excluding hydrogens is 308 g/mol. The van der Waals surface area contributed by atoms with Gasteiger partial charge in [0.2, 0.25) is 0 Å². The van der Waals surface area contributed by atoms with Crippen LogP contribution < -0.4 is 5.32 Å². The average Bonchev–Trinajstić information content (AvgIpc) is 2.58. The number of carbonyl (C=O) groups excluding carboxylic acids is 2. The fraction of sp³-hybridized carbons (Fsp3) is 0.556. The lowest BCUT2D eigenvalue weighted by Gasteiger charge is -2.38. The number of esters is 1. The molecule has 2 N–H and O–H groups in total. The first-order valence-corrected chi connectivity index (χ1v) is 8.46. The van der Waals surface area contributed by atoms with E-state index in [0.29, 0.717) is 17.8 Å². The first-order chi connectivity index (χ1) is 11.5. The number of rotatable bonds is 6. The minimum absolute atomic E-state index is 0.0351. The van der Waals surface area contributed by atoms with Crippen LogP contribution in [0.3, 0.4) is 0 Å². The SMILES string of the molecule is C[C@@H]1CCC[C@H](C)N1C(=O)COC(=O)c1ccccc1NCCO. The van der Waals surface area contributed by atoms with E-state index < -0.39 is 5.97 Å². The van der Waals surface area contributed by atoms with Gasteiger partial charge in [-0.2, -0.15) is 0 Å². The maximum absolute atomic E-state index is 12.4. The average molecular weight is 334 g/mol. The minimum Gasteiger partial charge on any atom is -0.452 e. The fourth-order valence-electron chi connectivity index (χ4n) is 3.20. The predicted octanol–water partition coefficient (Wildman–Crippen LogP) is 2.04. The van der Waals surface area contributed by atoms with Gasteiger partial charge in [-0.15, -0.1) is 0 Å². The standard InChI is InChI=1S/C18H26N2O4/c1-13-6-5-7-14(2)20(13)17(22)12-24-18(23)15-8-3-4-9-16(15)19-10-11-21/h3-4,8-9,13-14,19,21H,5-7,10-12H2,1-2H3/t13-,14+. The highest BCUT2D eigenvalue weighted by molar-refractivity contribution is 5.96. The van der Waals surface area contributed by atoms with E-state index in [1.807, 2.05) is 18.7 Å². The molecule has 1 amide bonds. The van der Waals surface area contributed by atoms with Crippen LogP contribution in [0.4, 0.5) is 5.69 Å². The lowest BCUT2D eigenvalue weighted by molar-refractivity contribution is -0.140. The van der Waals surface area contributed by atoms with Gasteiger partial charge in [0.25, 0.3) is 5.91 Å². The van der Waals surface area contributed by atoms with Gasteiger partial charge < -0.3 is 20.1 Å². The van der Waals surface area contributed by atoms with Gasteiger partial charge >= 0.3 is 5.97 Å². The van der Waals surface area contributed by atoms with Gasteiger partial charge in [0.15, 0.2) is 6.61 Å². The molecule has 1 aromatic carbocycles. The second-order valence-electron chi connectivity index (χ2n) is 6.20. The number of nitrogens with one attached hydrogen (secondary N) is 1. The number of likely N-dealkylation sites (tertiary alicyclic amines) is 1. The zero-order valence-electron chi connectivity index (χ0n) is 14.3. The third-order valence-electron chi connectivity index (χ3n) is 4.38. The Morgan fingerprint density at radius 1 is 1.25 bits per heavy atom. The van der Waals surface area contributed by atoms with Crippen molar-refractivity contribution < 1.29 is 19.4 Å². The van der Waals surface area contributed by atoms with E-state index >= 15 is 0 Å². The number of anilines is 1. The van der Waals surface area contributed by atoms with Gasteiger partial charge in [-0.25, -0.2) is 4.79 Å². The van der Waals surface area contributed by atoms with E-state index in [-0.39, 0.29) is 31.2 Å². The van der Waals surface area contributed by atoms with Crippen LogP contribution in [0, 0.1) is 0 Å². The second kappa shape index (κ2) is 8.68. The number of piperidine rings is 1. The van der Waals surface area contributed by atoms with Crippen molar-refractivity contribution in [2.24, 2.45) is 0 Å². The molecule has 0 saturated carbocycles. The van der Waals surface area contributed by atoms with E-state index in [4.69, 9.17) is 9.84 Å². The molecule has 0 spiro atoms. The van der Waals surface area contributed by atoms with E-state index in [0.717, 1.165) is 19.3 Å². The van der Waals surface area contributed by atoms with Crippen molar-refractivity contribution in [3.63, 3.8) is 0 Å². The molecule has 132 valence electrons. The molecule has 1 saturated heterocycles. The highest BCUT2D eigenvalue weighted by Crippen LogP contribution is 2.23. The number of ether oxygens (including phenoxy) is 1. The topological polar surface area (TPSA) is 78.9 Å². The first kappa shape index (κ1) is 18.3. The summed E-state index contributed by atoms with van der Waals surface area (Å²) >= 11 is 0. The molecule has 1 aliphatic heterocycles. The monoisotopic (exact) mass is 334 g/mol. The molecule has 1 heterocycles. The summed E-state index contributed by atoms with van der Waals surface area (Å²) in [6.45, 7) is 4.12. The number of benzene rings is 1. The summed E-state index contributed by atoms with van der Waals surface area (Å²) in [6.07, 6.45) is 3.09. The molecule has 0 radical (unpaired) electrons. The van der Waals surface area contributed by atoms with Gasteiger partial charge in [0.05, 0.1) is 12.2 Å². The van der Waals surface area contributed by atoms with Crippen molar-refractivity contribution in [3.05, 3.63) is 29.8 Å². The lowest BCUT2D eigenvalue weighted by Crippen LogP contribution is -2.49. The maximum Gasteiger partial charge on any atom is 0.340 e. The van der Waals surface area contributed by atoms with Crippen LogP contribution in [0.25, 0.3) is 0 Å². The molecule has 2 rings (SSSR count). The largest absolute Gasteiger partial charge is 0.452 e. The van der Waals surface area contributed by atoms with Gasteiger partial charge in [0.1, 0.15) is 0 Å².